The highest BCUT2D eigenvalue weighted by Crippen LogP contribution is 2.35. The first kappa shape index (κ1) is 14.6. The highest BCUT2D eigenvalue weighted by Gasteiger charge is 2.30. The van der Waals surface area contributed by atoms with Gasteiger partial charge in [-0.3, -0.25) is 4.57 Å². The maximum absolute atomic E-state index is 10.0. The summed E-state index contributed by atoms with van der Waals surface area (Å²) in [4.78, 5) is 0. The second kappa shape index (κ2) is 6.17. The predicted octanol–water partition coefficient (Wildman–Crippen LogP) is 1.90. The normalized spacial score (nSPS) is 16.1. The number of rotatable bonds is 6. The maximum atomic E-state index is 10.0. The van der Waals surface area contributed by atoms with Gasteiger partial charge in [-0.25, -0.2) is 0 Å². The minimum atomic E-state index is -0.252. The third-order valence-corrected chi connectivity index (χ3v) is 4.82. The first-order valence-electron chi connectivity index (χ1n) is 7.22. The lowest BCUT2D eigenvalue weighted by Gasteiger charge is -2.13. The van der Waals surface area contributed by atoms with E-state index in [0.29, 0.717) is 18.2 Å². The summed E-state index contributed by atoms with van der Waals surface area (Å²) in [7, 11) is 0. The zero-order valence-corrected chi connectivity index (χ0v) is 12.9. The van der Waals surface area contributed by atoms with Crippen LogP contribution in [0.5, 0.6) is 0 Å². The summed E-state index contributed by atoms with van der Waals surface area (Å²) in [5.41, 5.74) is 7.98. The molecule has 3 rings (SSSR count). The first-order chi connectivity index (χ1) is 10.2. The zero-order valence-electron chi connectivity index (χ0n) is 12.1. The van der Waals surface area contributed by atoms with E-state index in [0.717, 1.165) is 35.1 Å². The van der Waals surface area contributed by atoms with E-state index in [4.69, 9.17) is 5.73 Å². The van der Waals surface area contributed by atoms with Crippen LogP contribution in [0.3, 0.4) is 0 Å². The summed E-state index contributed by atoms with van der Waals surface area (Å²) in [6, 6.07) is 8.10. The van der Waals surface area contributed by atoms with E-state index in [1.54, 1.807) is 11.8 Å². The molecule has 1 aliphatic carbocycles. The molecule has 0 bridgehead atoms. The molecule has 0 radical (unpaired) electrons. The van der Waals surface area contributed by atoms with Crippen molar-refractivity contribution in [2.24, 2.45) is 11.7 Å². The number of para-hydroxylation sites is 1. The van der Waals surface area contributed by atoms with Gasteiger partial charge in [0.1, 0.15) is 0 Å². The number of nitrogens with two attached hydrogens (primary N) is 1. The van der Waals surface area contributed by atoms with Crippen LogP contribution in [-0.4, -0.2) is 31.7 Å². The van der Waals surface area contributed by atoms with Crippen molar-refractivity contribution in [1.29, 1.82) is 0 Å². The fraction of sp³-hybridized carbons (Fsp3) is 0.467. The van der Waals surface area contributed by atoms with Gasteiger partial charge in [0.05, 0.1) is 18.3 Å². The molecule has 1 aromatic heterocycles. The van der Waals surface area contributed by atoms with Crippen LogP contribution >= 0.6 is 11.8 Å². The molecule has 3 N–H and O–H groups in total. The van der Waals surface area contributed by atoms with E-state index in [-0.39, 0.29) is 6.10 Å². The molecule has 1 heterocycles. The van der Waals surface area contributed by atoms with Gasteiger partial charge in [0, 0.05) is 5.75 Å². The Kier molecular flexibility index (Phi) is 4.28. The van der Waals surface area contributed by atoms with Gasteiger partial charge < -0.3 is 10.8 Å². The SMILES string of the molecule is Cc1ccccc1-n1c(CN)nnc1SC[C@@H](O)C1CC1. The highest BCUT2D eigenvalue weighted by molar-refractivity contribution is 7.99. The molecule has 6 heteroatoms. The zero-order chi connectivity index (χ0) is 14.8. The van der Waals surface area contributed by atoms with Crippen LogP contribution in [0.2, 0.25) is 0 Å². The number of aromatic nitrogens is 3. The van der Waals surface area contributed by atoms with Gasteiger partial charge in [0.2, 0.25) is 0 Å². The second-order valence-corrected chi connectivity index (χ2v) is 6.43. The van der Waals surface area contributed by atoms with Crippen LogP contribution in [0.15, 0.2) is 29.4 Å². The van der Waals surface area contributed by atoms with Gasteiger partial charge in [-0.2, -0.15) is 0 Å². The maximum Gasteiger partial charge on any atom is 0.195 e. The van der Waals surface area contributed by atoms with Gasteiger partial charge in [0.15, 0.2) is 11.0 Å². The summed E-state index contributed by atoms with van der Waals surface area (Å²) in [6.07, 6.45) is 2.03. The molecule has 1 aliphatic rings. The highest BCUT2D eigenvalue weighted by atomic mass is 32.2. The van der Waals surface area contributed by atoms with Gasteiger partial charge in [-0.15, -0.1) is 10.2 Å². The summed E-state index contributed by atoms with van der Waals surface area (Å²) >= 11 is 1.55. The average Bonchev–Trinajstić information content (AvgIpc) is 3.26. The fourth-order valence-corrected chi connectivity index (χ4v) is 3.38. The van der Waals surface area contributed by atoms with Crippen LogP contribution in [0.25, 0.3) is 5.69 Å². The number of aliphatic hydroxyl groups excluding tert-OH is 1. The number of benzene rings is 1. The molecule has 0 saturated heterocycles. The number of aliphatic hydroxyl groups is 1. The Labute approximate surface area is 128 Å². The number of nitrogens with zero attached hydrogens (tertiary/aromatic N) is 3. The molecular weight excluding hydrogens is 284 g/mol. The van der Waals surface area contributed by atoms with E-state index in [1.807, 2.05) is 22.8 Å². The topological polar surface area (TPSA) is 77.0 Å². The van der Waals surface area contributed by atoms with Crippen molar-refractivity contribution in [2.75, 3.05) is 5.75 Å². The molecule has 0 amide bonds. The molecule has 0 unspecified atom stereocenters. The number of hydrogen-bond donors (Lipinski definition) is 2. The summed E-state index contributed by atoms with van der Waals surface area (Å²) in [5.74, 6) is 1.87. The Bertz CT molecular complexity index is 624. The third-order valence-electron chi connectivity index (χ3n) is 3.79. The van der Waals surface area contributed by atoms with E-state index < -0.39 is 0 Å². The molecular formula is C15H20N4OS. The van der Waals surface area contributed by atoms with Gasteiger partial charge in [-0.05, 0) is 37.3 Å². The fourth-order valence-electron chi connectivity index (χ4n) is 2.36. The predicted molar refractivity (Wildman–Crippen MR) is 83.4 cm³/mol. The van der Waals surface area contributed by atoms with Crippen molar-refractivity contribution in [2.45, 2.75) is 37.6 Å². The van der Waals surface area contributed by atoms with Gasteiger partial charge in [0.25, 0.3) is 0 Å². The van der Waals surface area contributed by atoms with Crippen LogP contribution in [0, 0.1) is 12.8 Å². The number of aryl methyl sites for hydroxylation is 1. The lowest BCUT2D eigenvalue weighted by atomic mass is 10.2. The third kappa shape index (κ3) is 3.12. The molecule has 21 heavy (non-hydrogen) atoms. The standard InChI is InChI=1S/C15H20N4OS/c1-10-4-2-3-5-12(10)19-14(8-16)17-18-15(19)21-9-13(20)11-6-7-11/h2-5,11,13,20H,6-9,16H2,1H3/t13-/m1/s1. The Morgan fingerprint density at radius 3 is 2.81 bits per heavy atom. The van der Waals surface area contributed by atoms with Crippen molar-refractivity contribution >= 4 is 11.8 Å². The van der Waals surface area contributed by atoms with E-state index in [2.05, 4.69) is 23.2 Å². The minimum absolute atomic E-state index is 0.252. The molecule has 112 valence electrons. The Balaban J connectivity index is 1.87. The number of thioether (sulfide) groups is 1. The summed E-state index contributed by atoms with van der Waals surface area (Å²) in [6.45, 7) is 2.40. The molecule has 1 atom stereocenters. The molecule has 1 saturated carbocycles. The molecule has 1 aromatic carbocycles. The Morgan fingerprint density at radius 1 is 1.38 bits per heavy atom. The van der Waals surface area contributed by atoms with Crippen molar-refractivity contribution in [1.82, 2.24) is 14.8 Å². The molecule has 0 spiro atoms. The van der Waals surface area contributed by atoms with E-state index in [9.17, 15) is 5.11 Å². The van der Waals surface area contributed by atoms with Crippen LogP contribution in [-0.2, 0) is 6.54 Å². The average molecular weight is 304 g/mol. The lowest BCUT2D eigenvalue weighted by Crippen LogP contribution is -2.13. The van der Waals surface area contributed by atoms with Crippen molar-refractivity contribution in [3.8, 4) is 5.69 Å². The quantitative estimate of drug-likeness (QED) is 0.797. The van der Waals surface area contributed by atoms with Crippen LogP contribution in [0.4, 0.5) is 0 Å². The van der Waals surface area contributed by atoms with Crippen molar-refractivity contribution in [3.63, 3.8) is 0 Å². The monoisotopic (exact) mass is 304 g/mol. The molecule has 1 fully saturated rings. The van der Waals surface area contributed by atoms with Gasteiger partial charge in [-0.1, -0.05) is 30.0 Å². The number of hydrogen-bond acceptors (Lipinski definition) is 5. The van der Waals surface area contributed by atoms with Crippen molar-refractivity contribution in [3.05, 3.63) is 35.7 Å². The van der Waals surface area contributed by atoms with Crippen LogP contribution in [0.1, 0.15) is 24.2 Å². The summed E-state index contributed by atoms with van der Waals surface area (Å²) < 4.78 is 2.00. The second-order valence-electron chi connectivity index (χ2n) is 5.44. The minimum Gasteiger partial charge on any atom is -0.392 e. The largest absolute Gasteiger partial charge is 0.392 e. The van der Waals surface area contributed by atoms with E-state index >= 15 is 0 Å². The Morgan fingerprint density at radius 2 is 2.14 bits per heavy atom. The van der Waals surface area contributed by atoms with Crippen LogP contribution < -0.4 is 5.73 Å². The first-order valence-corrected chi connectivity index (χ1v) is 8.20. The Hall–Kier alpha value is -1.37. The summed E-state index contributed by atoms with van der Waals surface area (Å²) in [5, 5.41) is 19.2. The van der Waals surface area contributed by atoms with E-state index in [1.165, 1.54) is 0 Å². The molecule has 5 nitrogen and oxygen atoms in total. The molecule has 2 aromatic rings. The molecule has 0 aliphatic heterocycles. The van der Waals surface area contributed by atoms with Crippen molar-refractivity contribution < 1.29 is 5.11 Å². The smallest absolute Gasteiger partial charge is 0.195 e. The lowest BCUT2D eigenvalue weighted by molar-refractivity contribution is 0.176. The van der Waals surface area contributed by atoms with Gasteiger partial charge >= 0.3 is 0 Å².